The molecule has 76 valence electrons. The number of carbonyl (C=O) groups excluding carboxylic acids is 1. The first-order valence-electron chi connectivity index (χ1n) is 4.58. The van der Waals surface area contributed by atoms with E-state index < -0.39 is 0 Å². The van der Waals surface area contributed by atoms with Gasteiger partial charge in [-0.05, 0) is 38.5 Å². The topological polar surface area (TPSA) is 52.3 Å². The fraction of sp³-hybridized carbons (Fsp3) is 0.364. The highest BCUT2D eigenvalue weighted by molar-refractivity contribution is 5.92. The van der Waals surface area contributed by atoms with Gasteiger partial charge < -0.3 is 10.5 Å². The maximum Gasteiger partial charge on any atom is 0.338 e. The monoisotopic (exact) mass is 193 g/mol. The maximum atomic E-state index is 11.6. The summed E-state index contributed by atoms with van der Waals surface area (Å²) in [5.74, 6) is -0.315. The lowest BCUT2D eigenvalue weighted by Crippen LogP contribution is -2.13. The molecule has 0 aliphatic carbocycles. The van der Waals surface area contributed by atoms with Crippen molar-refractivity contribution in [2.75, 3.05) is 5.73 Å². The summed E-state index contributed by atoms with van der Waals surface area (Å²) in [6.45, 7) is 5.50. The Labute approximate surface area is 83.9 Å². The quantitative estimate of drug-likeness (QED) is 0.578. The summed E-state index contributed by atoms with van der Waals surface area (Å²) in [7, 11) is 0. The Morgan fingerprint density at radius 2 is 2.07 bits per heavy atom. The van der Waals surface area contributed by atoms with Gasteiger partial charge in [0.05, 0.1) is 11.7 Å². The summed E-state index contributed by atoms with van der Waals surface area (Å²) >= 11 is 0. The zero-order valence-corrected chi connectivity index (χ0v) is 8.70. The summed E-state index contributed by atoms with van der Waals surface area (Å²) in [5, 5.41) is 0. The van der Waals surface area contributed by atoms with Crippen molar-refractivity contribution in [1.29, 1.82) is 0 Å². The fourth-order valence-electron chi connectivity index (χ4n) is 1.14. The van der Waals surface area contributed by atoms with Gasteiger partial charge in [-0.1, -0.05) is 6.07 Å². The second kappa shape index (κ2) is 4.13. The predicted octanol–water partition coefficient (Wildman–Crippen LogP) is 2.14. The summed E-state index contributed by atoms with van der Waals surface area (Å²) < 4.78 is 5.08. The number of hydrogen-bond donors (Lipinski definition) is 1. The van der Waals surface area contributed by atoms with Crippen molar-refractivity contribution in [3.63, 3.8) is 0 Å². The molecule has 0 heterocycles. The van der Waals surface area contributed by atoms with E-state index in [0.717, 1.165) is 5.56 Å². The number of nitrogen functional groups attached to an aromatic ring is 1. The molecule has 0 radical (unpaired) electrons. The predicted molar refractivity (Wildman–Crippen MR) is 56.1 cm³/mol. The van der Waals surface area contributed by atoms with Crippen molar-refractivity contribution in [2.24, 2.45) is 0 Å². The molecule has 1 rings (SSSR count). The third kappa shape index (κ3) is 2.49. The third-order valence-corrected chi connectivity index (χ3v) is 1.82. The van der Waals surface area contributed by atoms with Crippen LogP contribution in [0.5, 0.6) is 0 Å². The van der Waals surface area contributed by atoms with E-state index in [1.165, 1.54) is 0 Å². The van der Waals surface area contributed by atoms with Crippen LogP contribution in [0.3, 0.4) is 0 Å². The minimum Gasteiger partial charge on any atom is -0.459 e. The van der Waals surface area contributed by atoms with E-state index in [0.29, 0.717) is 11.3 Å². The number of ether oxygens (including phenoxy) is 1. The van der Waals surface area contributed by atoms with E-state index in [1.54, 1.807) is 12.1 Å². The van der Waals surface area contributed by atoms with Gasteiger partial charge in [-0.2, -0.15) is 0 Å². The van der Waals surface area contributed by atoms with Crippen LogP contribution < -0.4 is 5.73 Å². The van der Waals surface area contributed by atoms with Gasteiger partial charge in [0.1, 0.15) is 0 Å². The van der Waals surface area contributed by atoms with Gasteiger partial charge in [-0.15, -0.1) is 0 Å². The molecule has 1 aromatic rings. The first-order valence-corrected chi connectivity index (χ1v) is 4.58. The molecule has 2 N–H and O–H groups in total. The minimum absolute atomic E-state index is 0.108. The number of anilines is 1. The lowest BCUT2D eigenvalue weighted by molar-refractivity contribution is 0.0377. The van der Waals surface area contributed by atoms with Crippen molar-refractivity contribution in [3.8, 4) is 0 Å². The van der Waals surface area contributed by atoms with Gasteiger partial charge in [-0.3, -0.25) is 0 Å². The molecule has 0 amide bonds. The highest BCUT2D eigenvalue weighted by Crippen LogP contribution is 2.14. The zero-order valence-electron chi connectivity index (χ0n) is 8.70. The van der Waals surface area contributed by atoms with Gasteiger partial charge >= 0.3 is 5.97 Å². The average Bonchev–Trinajstić information content (AvgIpc) is 2.08. The Morgan fingerprint density at radius 3 is 2.64 bits per heavy atom. The summed E-state index contributed by atoms with van der Waals surface area (Å²) in [5.41, 5.74) is 7.58. The summed E-state index contributed by atoms with van der Waals surface area (Å²) in [4.78, 5) is 11.6. The van der Waals surface area contributed by atoms with Gasteiger partial charge in [0.15, 0.2) is 0 Å². The molecule has 0 aromatic heterocycles. The third-order valence-electron chi connectivity index (χ3n) is 1.82. The molecule has 1 aromatic carbocycles. The molecular formula is C11H15NO2. The van der Waals surface area contributed by atoms with Crippen molar-refractivity contribution in [1.82, 2.24) is 0 Å². The molecule has 0 aliphatic heterocycles. The molecule has 3 nitrogen and oxygen atoms in total. The van der Waals surface area contributed by atoms with Crippen LogP contribution in [0.15, 0.2) is 18.2 Å². The first-order chi connectivity index (χ1) is 6.50. The molecule has 0 saturated heterocycles. The standard InChI is InChI=1S/C11H15NO2/c1-7(2)14-11(13)10-6-9(12)5-4-8(10)3/h4-7H,12H2,1-3H3. The van der Waals surface area contributed by atoms with E-state index in [1.807, 2.05) is 26.8 Å². The van der Waals surface area contributed by atoms with E-state index in [4.69, 9.17) is 10.5 Å². The molecular weight excluding hydrogens is 178 g/mol. The van der Waals surface area contributed by atoms with Crippen molar-refractivity contribution >= 4 is 11.7 Å². The molecule has 0 bridgehead atoms. The molecule has 0 atom stereocenters. The number of benzene rings is 1. The van der Waals surface area contributed by atoms with Gasteiger partial charge in [0.2, 0.25) is 0 Å². The van der Waals surface area contributed by atoms with Crippen LogP contribution in [0.25, 0.3) is 0 Å². The number of carbonyl (C=O) groups is 1. The van der Waals surface area contributed by atoms with E-state index in [-0.39, 0.29) is 12.1 Å². The largest absolute Gasteiger partial charge is 0.459 e. The molecule has 0 fully saturated rings. The zero-order chi connectivity index (χ0) is 10.7. The molecule has 14 heavy (non-hydrogen) atoms. The lowest BCUT2D eigenvalue weighted by atomic mass is 10.1. The summed E-state index contributed by atoms with van der Waals surface area (Å²) in [6.07, 6.45) is -0.108. The highest BCUT2D eigenvalue weighted by atomic mass is 16.5. The Kier molecular flexibility index (Phi) is 3.12. The first kappa shape index (κ1) is 10.6. The van der Waals surface area contributed by atoms with Crippen molar-refractivity contribution in [2.45, 2.75) is 26.9 Å². The van der Waals surface area contributed by atoms with Crippen LogP contribution >= 0.6 is 0 Å². The molecule has 0 unspecified atom stereocenters. The number of nitrogens with two attached hydrogens (primary N) is 1. The van der Waals surface area contributed by atoms with E-state index >= 15 is 0 Å². The Bertz CT molecular complexity index is 345. The maximum absolute atomic E-state index is 11.6. The Morgan fingerprint density at radius 1 is 1.43 bits per heavy atom. The number of aryl methyl sites for hydroxylation is 1. The average molecular weight is 193 g/mol. The van der Waals surface area contributed by atoms with Crippen LogP contribution in [-0.2, 0) is 4.74 Å². The van der Waals surface area contributed by atoms with Crippen LogP contribution in [0.2, 0.25) is 0 Å². The van der Waals surface area contributed by atoms with E-state index in [2.05, 4.69) is 0 Å². The van der Waals surface area contributed by atoms with Crippen LogP contribution in [0.1, 0.15) is 29.8 Å². The molecule has 0 aliphatic rings. The second-order valence-corrected chi connectivity index (χ2v) is 3.53. The number of rotatable bonds is 2. The number of hydrogen-bond acceptors (Lipinski definition) is 3. The van der Waals surface area contributed by atoms with Crippen LogP contribution in [0.4, 0.5) is 5.69 Å². The second-order valence-electron chi connectivity index (χ2n) is 3.53. The molecule has 0 saturated carbocycles. The fourth-order valence-corrected chi connectivity index (χ4v) is 1.14. The highest BCUT2D eigenvalue weighted by Gasteiger charge is 2.11. The summed E-state index contributed by atoms with van der Waals surface area (Å²) in [6, 6.07) is 5.22. The Balaban J connectivity index is 2.94. The minimum atomic E-state index is -0.315. The van der Waals surface area contributed by atoms with Gasteiger partial charge in [-0.25, -0.2) is 4.79 Å². The van der Waals surface area contributed by atoms with Crippen molar-refractivity contribution < 1.29 is 9.53 Å². The van der Waals surface area contributed by atoms with Crippen LogP contribution in [0, 0.1) is 6.92 Å². The molecule has 0 spiro atoms. The molecule has 3 heteroatoms. The van der Waals surface area contributed by atoms with E-state index in [9.17, 15) is 4.79 Å². The van der Waals surface area contributed by atoms with Crippen LogP contribution in [-0.4, -0.2) is 12.1 Å². The van der Waals surface area contributed by atoms with Gasteiger partial charge in [0, 0.05) is 5.69 Å². The van der Waals surface area contributed by atoms with Gasteiger partial charge in [0.25, 0.3) is 0 Å². The number of esters is 1. The Hall–Kier alpha value is -1.51. The SMILES string of the molecule is Cc1ccc(N)cc1C(=O)OC(C)C. The normalized spacial score (nSPS) is 10.3. The smallest absolute Gasteiger partial charge is 0.338 e. The van der Waals surface area contributed by atoms with Crippen molar-refractivity contribution in [3.05, 3.63) is 29.3 Å². The lowest BCUT2D eigenvalue weighted by Gasteiger charge is -2.10.